The summed E-state index contributed by atoms with van der Waals surface area (Å²) in [5.74, 6) is -0.314. The molecule has 0 saturated carbocycles. The molecule has 0 aliphatic carbocycles. The van der Waals surface area contributed by atoms with Crippen molar-refractivity contribution in [2.75, 3.05) is 17.7 Å². The van der Waals surface area contributed by atoms with Crippen molar-refractivity contribution >= 4 is 39.7 Å². The van der Waals surface area contributed by atoms with E-state index in [1.54, 1.807) is 6.07 Å². The van der Waals surface area contributed by atoms with Crippen LogP contribution in [0.4, 0.5) is 11.4 Å². The van der Waals surface area contributed by atoms with Crippen LogP contribution in [-0.4, -0.2) is 24.5 Å². The SMILES string of the molecule is [C-]#[N+]c1cccc2c(NCC(CCl)OC(=O)C=C)cccc12. The largest absolute Gasteiger partial charge is 0.456 e. The summed E-state index contributed by atoms with van der Waals surface area (Å²) in [5, 5.41) is 5.05. The lowest BCUT2D eigenvalue weighted by atomic mass is 10.1. The molecule has 0 amide bonds. The van der Waals surface area contributed by atoms with E-state index < -0.39 is 12.1 Å². The third-order valence-electron chi connectivity index (χ3n) is 3.16. The van der Waals surface area contributed by atoms with Crippen LogP contribution in [0.5, 0.6) is 0 Å². The van der Waals surface area contributed by atoms with Gasteiger partial charge in [-0.3, -0.25) is 0 Å². The Bertz CT molecular complexity index is 737. The first-order valence-corrected chi connectivity index (χ1v) is 7.25. The van der Waals surface area contributed by atoms with Gasteiger partial charge in [-0.25, -0.2) is 9.64 Å². The predicted molar refractivity (Wildman–Crippen MR) is 89.5 cm³/mol. The van der Waals surface area contributed by atoms with Crippen LogP contribution in [0.15, 0.2) is 49.1 Å². The lowest BCUT2D eigenvalue weighted by Crippen LogP contribution is -2.27. The van der Waals surface area contributed by atoms with E-state index in [0.717, 1.165) is 22.5 Å². The maximum Gasteiger partial charge on any atom is 0.330 e. The number of hydrogen-bond donors (Lipinski definition) is 1. The normalized spacial score (nSPS) is 11.5. The minimum absolute atomic E-state index is 0.185. The molecule has 0 saturated heterocycles. The molecule has 1 N–H and O–H groups in total. The maximum absolute atomic E-state index is 11.2. The number of anilines is 1. The van der Waals surface area contributed by atoms with Crippen molar-refractivity contribution < 1.29 is 9.53 Å². The molecule has 0 fully saturated rings. The van der Waals surface area contributed by atoms with Gasteiger partial charge in [0.15, 0.2) is 5.69 Å². The van der Waals surface area contributed by atoms with Crippen LogP contribution < -0.4 is 5.32 Å². The van der Waals surface area contributed by atoms with Crippen LogP contribution in [-0.2, 0) is 9.53 Å². The lowest BCUT2D eigenvalue weighted by molar-refractivity contribution is -0.141. The molecule has 0 radical (unpaired) electrons. The van der Waals surface area contributed by atoms with Crippen molar-refractivity contribution in [2.24, 2.45) is 0 Å². The Balaban J connectivity index is 2.20. The van der Waals surface area contributed by atoms with Crippen molar-refractivity contribution in [1.29, 1.82) is 0 Å². The number of hydrogen-bond acceptors (Lipinski definition) is 3. The number of esters is 1. The molecule has 5 heteroatoms. The highest BCUT2D eigenvalue weighted by Gasteiger charge is 2.12. The second kappa shape index (κ2) is 7.48. The zero-order valence-electron chi connectivity index (χ0n) is 11.9. The number of fused-ring (bicyclic) bond motifs is 1. The number of nitrogens with one attached hydrogen (secondary N) is 1. The van der Waals surface area contributed by atoms with Crippen LogP contribution in [0.1, 0.15) is 0 Å². The molecule has 2 aromatic rings. The highest BCUT2D eigenvalue weighted by atomic mass is 35.5. The molecule has 1 unspecified atom stereocenters. The Hall–Kier alpha value is -2.51. The summed E-state index contributed by atoms with van der Waals surface area (Å²) < 4.78 is 5.13. The van der Waals surface area contributed by atoms with Gasteiger partial charge in [0.1, 0.15) is 6.10 Å². The number of halogens is 1. The Labute approximate surface area is 134 Å². The van der Waals surface area contributed by atoms with Crippen LogP contribution in [0.25, 0.3) is 15.6 Å². The van der Waals surface area contributed by atoms with Crippen molar-refractivity contribution in [3.05, 3.63) is 60.5 Å². The summed E-state index contributed by atoms with van der Waals surface area (Å²) in [6, 6.07) is 11.3. The predicted octanol–water partition coefficient (Wildman–Crippen LogP) is 4.14. The van der Waals surface area contributed by atoms with Crippen LogP contribution in [0, 0.1) is 6.57 Å². The average molecular weight is 315 g/mol. The van der Waals surface area contributed by atoms with Crippen LogP contribution >= 0.6 is 11.6 Å². The minimum Gasteiger partial charge on any atom is -0.456 e. The molecule has 2 rings (SSSR count). The summed E-state index contributed by atoms with van der Waals surface area (Å²) in [6.07, 6.45) is 0.658. The first-order chi connectivity index (χ1) is 10.7. The van der Waals surface area contributed by atoms with Gasteiger partial charge in [0.2, 0.25) is 0 Å². The third-order valence-corrected chi connectivity index (χ3v) is 3.51. The standard InChI is InChI=1S/C17H15ClN2O2/c1-3-17(21)22-12(10-18)11-20-16-9-5-6-13-14(16)7-4-8-15(13)19-2/h3-9,12,20H,1,10-11H2. The van der Waals surface area contributed by atoms with Crippen molar-refractivity contribution in [3.63, 3.8) is 0 Å². The summed E-state index contributed by atoms with van der Waals surface area (Å²) in [5.41, 5.74) is 1.47. The highest BCUT2D eigenvalue weighted by molar-refractivity contribution is 6.18. The van der Waals surface area contributed by atoms with Gasteiger partial charge in [0.25, 0.3) is 0 Å². The van der Waals surface area contributed by atoms with Gasteiger partial charge >= 0.3 is 5.97 Å². The van der Waals surface area contributed by atoms with Crippen molar-refractivity contribution in [3.8, 4) is 0 Å². The maximum atomic E-state index is 11.2. The van der Waals surface area contributed by atoms with Gasteiger partial charge in [0.05, 0.1) is 19.0 Å². The number of ether oxygens (including phenoxy) is 1. The number of nitrogens with zero attached hydrogens (tertiary/aromatic N) is 1. The van der Waals surface area contributed by atoms with E-state index in [-0.39, 0.29) is 5.88 Å². The Morgan fingerprint density at radius 1 is 1.36 bits per heavy atom. The molecule has 1 atom stereocenters. The molecule has 112 valence electrons. The fourth-order valence-electron chi connectivity index (χ4n) is 2.11. The second-order valence-corrected chi connectivity index (χ2v) is 4.90. The fraction of sp³-hybridized carbons (Fsp3) is 0.176. The molecule has 0 aliphatic rings. The van der Waals surface area contributed by atoms with Crippen molar-refractivity contribution in [1.82, 2.24) is 0 Å². The van der Waals surface area contributed by atoms with Crippen LogP contribution in [0.3, 0.4) is 0 Å². The number of rotatable bonds is 6. The van der Waals surface area contributed by atoms with Gasteiger partial charge < -0.3 is 10.1 Å². The zero-order chi connectivity index (χ0) is 15.9. The molecular formula is C17H15ClN2O2. The summed E-state index contributed by atoms with van der Waals surface area (Å²) in [7, 11) is 0. The molecular weight excluding hydrogens is 300 g/mol. The molecule has 0 aromatic heterocycles. The monoisotopic (exact) mass is 314 g/mol. The van der Waals surface area contributed by atoms with E-state index in [0.29, 0.717) is 12.2 Å². The summed E-state index contributed by atoms with van der Waals surface area (Å²) in [4.78, 5) is 14.8. The van der Waals surface area contributed by atoms with Gasteiger partial charge in [-0.1, -0.05) is 36.9 Å². The van der Waals surface area contributed by atoms with E-state index in [9.17, 15) is 4.79 Å². The van der Waals surface area contributed by atoms with Crippen LogP contribution in [0.2, 0.25) is 0 Å². The van der Waals surface area contributed by atoms with E-state index in [2.05, 4.69) is 16.7 Å². The number of benzene rings is 2. The zero-order valence-corrected chi connectivity index (χ0v) is 12.6. The molecule has 22 heavy (non-hydrogen) atoms. The fourth-order valence-corrected chi connectivity index (χ4v) is 2.28. The Kier molecular flexibility index (Phi) is 5.40. The topological polar surface area (TPSA) is 42.7 Å². The molecule has 0 spiro atoms. The van der Waals surface area contributed by atoms with Gasteiger partial charge in [0, 0.05) is 11.8 Å². The van der Waals surface area contributed by atoms with Gasteiger partial charge in [-0.15, -0.1) is 11.6 Å². The Morgan fingerprint density at radius 3 is 2.77 bits per heavy atom. The quantitative estimate of drug-likeness (QED) is 0.377. The smallest absolute Gasteiger partial charge is 0.330 e. The second-order valence-electron chi connectivity index (χ2n) is 4.59. The van der Waals surface area contributed by atoms with E-state index in [1.165, 1.54) is 0 Å². The molecule has 4 nitrogen and oxygen atoms in total. The highest BCUT2D eigenvalue weighted by Crippen LogP contribution is 2.30. The van der Waals surface area contributed by atoms with E-state index in [4.69, 9.17) is 22.9 Å². The van der Waals surface area contributed by atoms with Gasteiger partial charge in [-0.05, 0) is 16.8 Å². The average Bonchev–Trinajstić information content (AvgIpc) is 2.57. The minimum atomic E-state index is -0.499. The third kappa shape index (κ3) is 3.57. The summed E-state index contributed by atoms with van der Waals surface area (Å²) >= 11 is 5.81. The number of alkyl halides is 1. The summed E-state index contributed by atoms with van der Waals surface area (Å²) in [6.45, 7) is 11.0. The van der Waals surface area contributed by atoms with Gasteiger partial charge in [-0.2, -0.15) is 0 Å². The molecule has 2 aromatic carbocycles. The van der Waals surface area contributed by atoms with E-state index >= 15 is 0 Å². The number of carbonyl (C=O) groups is 1. The molecule has 0 bridgehead atoms. The van der Waals surface area contributed by atoms with E-state index in [1.807, 2.05) is 30.3 Å². The Morgan fingerprint density at radius 2 is 2.09 bits per heavy atom. The molecule has 0 aliphatic heterocycles. The first-order valence-electron chi connectivity index (χ1n) is 6.71. The van der Waals surface area contributed by atoms with Crippen molar-refractivity contribution in [2.45, 2.75) is 6.10 Å². The lowest BCUT2D eigenvalue weighted by Gasteiger charge is -2.17. The first kappa shape index (κ1) is 15.9. The molecule has 0 heterocycles. The number of carbonyl (C=O) groups excluding carboxylic acids is 1.